The summed E-state index contributed by atoms with van der Waals surface area (Å²) in [6.45, 7) is 0. The Kier molecular flexibility index (Phi) is 7.70. The van der Waals surface area contributed by atoms with E-state index in [0.29, 0.717) is 22.3 Å². The van der Waals surface area contributed by atoms with Gasteiger partial charge < -0.3 is 20.6 Å². The summed E-state index contributed by atoms with van der Waals surface area (Å²) in [6, 6.07) is 24.7. The maximum atomic E-state index is 15.7. The third kappa shape index (κ3) is 5.26. The molecule has 0 spiro atoms. The van der Waals surface area contributed by atoms with Gasteiger partial charge in [0.15, 0.2) is 5.72 Å². The molecule has 0 aromatic heterocycles. The standard InChI is InChI=1S/C39H29ClF3NO4/c40-34-21-27(23-9-11-26(12-10-23)36(45)46)15-18-33(34)38(48,32-17-14-25-6-2-4-8-30(25)32)35(39(41,42)43)28-19-20-44-37(47,22-28)31-16-13-24-5-1-3-7-29(24)31/h1-22,31-32,35,44,47-48H,(H,45,46). The highest BCUT2D eigenvalue weighted by molar-refractivity contribution is 6.31. The van der Waals surface area contributed by atoms with Gasteiger partial charge in [-0.05, 0) is 75.5 Å². The fraction of sp³-hybridized carbons (Fsp3) is 0.154. The van der Waals surface area contributed by atoms with E-state index in [-0.39, 0.29) is 21.7 Å². The average Bonchev–Trinajstić information content (AvgIpc) is 3.70. The quantitative estimate of drug-likeness (QED) is 0.159. The minimum Gasteiger partial charge on any atom is -0.478 e. The molecule has 0 amide bonds. The highest BCUT2D eigenvalue weighted by atomic mass is 35.5. The second-order valence-electron chi connectivity index (χ2n) is 12.3. The number of benzene rings is 4. The molecule has 1 heterocycles. The smallest absolute Gasteiger partial charge is 0.398 e. The lowest BCUT2D eigenvalue weighted by Crippen LogP contribution is -2.51. The Morgan fingerprint density at radius 1 is 0.833 bits per heavy atom. The number of nitrogens with one attached hydrogen (secondary N) is 1. The first-order valence-corrected chi connectivity index (χ1v) is 15.6. The van der Waals surface area contributed by atoms with Gasteiger partial charge in [-0.25, -0.2) is 4.79 Å². The minimum absolute atomic E-state index is 0.0791. The lowest BCUT2D eigenvalue weighted by atomic mass is 9.66. The maximum Gasteiger partial charge on any atom is 0.398 e. The Hall–Kier alpha value is -4.89. The second kappa shape index (κ2) is 11.7. The number of alkyl halides is 3. The van der Waals surface area contributed by atoms with Crippen LogP contribution in [0.4, 0.5) is 13.2 Å². The summed E-state index contributed by atoms with van der Waals surface area (Å²) in [5.74, 6) is -5.49. The highest BCUT2D eigenvalue weighted by Crippen LogP contribution is 2.57. The predicted octanol–water partition coefficient (Wildman–Crippen LogP) is 8.42. The lowest BCUT2D eigenvalue weighted by molar-refractivity contribution is -0.220. The molecular weight excluding hydrogens is 639 g/mol. The summed E-state index contributed by atoms with van der Waals surface area (Å²) in [5.41, 5.74) is -1.12. The monoisotopic (exact) mass is 667 g/mol. The molecule has 0 saturated carbocycles. The van der Waals surface area contributed by atoms with Gasteiger partial charge in [0.2, 0.25) is 0 Å². The van der Waals surface area contributed by atoms with Crippen LogP contribution in [0.25, 0.3) is 23.3 Å². The normalized spacial score (nSPS) is 22.8. The van der Waals surface area contributed by atoms with E-state index < -0.39 is 41.2 Å². The van der Waals surface area contributed by atoms with Gasteiger partial charge in [0, 0.05) is 16.5 Å². The number of carbonyl (C=O) groups is 1. The number of halogens is 4. The minimum atomic E-state index is -5.01. The van der Waals surface area contributed by atoms with Crippen LogP contribution in [0.2, 0.25) is 5.02 Å². The van der Waals surface area contributed by atoms with Crippen LogP contribution in [0.5, 0.6) is 0 Å². The molecule has 5 atom stereocenters. The van der Waals surface area contributed by atoms with E-state index in [9.17, 15) is 20.1 Å². The summed E-state index contributed by atoms with van der Waals surface area (Å²) < 4.78 is 47.1. The van der Waals surface area contributed by atoms with Crippen LogP contribution in [0.3, 0.4) is 0 Å². The van der Waals surface area contributed by atoms with Crippen LogP contribution < -0.4 is 5.32 Å². The molecule has 0 bridgehead atoms. The summed E-state index contributed by atoms with van der Waals surface area (Å²) in [7, 11) is 0. The Balaban J connectivity index is 1.39. The maximum absolute atomic E-state index is 15.7. The fourth-order valence-electron chi connectivity index (χ4n) is 7.26. The van der Waals surface area contributed by atoms with Crippen molar-refractivity contribution in [1.82, 2.24) is 5.32 Å². The third-order valence-corrected chi connectivity index (χ3v) is 9.80. The zero-order valence-electron chi connectivity index (χ0n) is 25.2. The molecule has 242 valence electrons. The van der Waals surface area contributed by atoms with E-state index in [1.807, 2.05) is 24.3 Å². The predicted molar refractivity (Wildman–Crippen MR) is 179 cm³/mol. The van der Waals surface area contributed by atoms with E-state index in [4.69, 9.17) is 11.6 Å². The number of dihydropyridines is 1. The van der Waals surface area contributed by atoms with E-state index in [1.165, 1.54) is 36.5 Å². The molecule has 0 saturated heterocycles. The average molecular weight is 668 g/mol. The number of allylic oxidation sites excluding steroid dienone is 1. The van der Waals surface area contributed by atoms with Crippen LogP contribution in [-0.2, 0) is 5.60 Å². The Bertz CT molecular complexity index is 2050. The van der Waals surface area contributed by atoms with Gasteiger partial charge in [0.1, 0.15) is 11.5 Å². The third-order valence-electron chi connectivity index (χ3n) is 9.49. The molecular formula is C39H29ClF3NO4. The van der Waals surface area contributed by atoms with Gasteiger partial charge in [-0.15, -0.1) is 0 Å². The van der Waals surface area contributed by atoms with Crippen molar-refractivity contribution in [3.05, 3.63) is 165 Å². The van der Waals surface area contributed by atoms with Gasteiger partial charge in [-0.1, -0.05) is 109 Å². The summed E-state index contributed by atoms with van der Waals surface area (Å²) in [6.07, 6.45) is 5.48. The molecule has 7 rings (SSSR count). The Morgan fingerprint density at radius 3 is 2.12 bits per heavy atom. The Morgan fingerprint density at radius 2 is 1.46 bits per heavy atom. The summed E-state index contributed by atoms with van der Waals surface area (Å²) >= 11 is 6.85. The molecule has 5 nitrogen and oxygen atoms in total. The van der Waals surface area contributed by atoms with Crippen molar-refractivity contribution < 1.29 is 33.3 Å². The molecule has 0 radical (unpaired) electrons. The molecule has 4 N–H and O–H groups in total. The molecule has 1 aliphatic heterocycles. The first-order valence-electron chi connectivity index (χ1n) is 15.3. The molecule has 9 heteroatoms. The second-order valence-corrected chi connectivity index (χ2v) is 12.7. The van der Waals surface area contributed by atoms with Gasteiger partial charge in [-0.3, -0.25) is 0 Å². The summed E-state index contributed by atoms with van der Waals surface area (Å²) in [4.78, 5) is 11.3. The van der Waals surface area contributed by atoms with Gasteiger partial charge >= 0.3 is 12.1 Å². The van der Waals surface area contributed by atoms with Crippen LogP contribution in [0.1, 0.15) is 50.0 Å². The number of fused-ring (bicyclic) bond motifs is 2. The van der Waals surface area contributed by atoms with E-state index in [1.54, 1.807) is 66.8 Å². The number of aromatic carboxylic acids is 1. The van der Waals surface area contributed by atoms with E-state index >= 15 is 13.2 Å². The van der Waals surface area contributed by atoms with Gasteiger partial charge in [0.25, 0.3) is 0 Å². The zero-order valence-corrected chi connectivity index (χ0v) is 26.0. The van der Waals surface area contributed by atoms with Crippen LogP contribution >= 0.6 is 11.6 Å². The van der Waals surface area contributed by atoms with Gasteiger partial charge in [-0.2, -0.15) is 13.2 Å². The summed E-state index contributed by atoms with van der Waals surface area (Å²) in [5, 5.41) is 36.8. The van der Waals surface area contributed by atoms with Crippen molar-refractivity contribution >= 4 is 29.7 Å². The van der Waals surface area contributed by atoms with Gasteiger partial charge in [0.05, 0.1) is 11.5 Å². The fourth-order valence-corrected chi connectivity index (χ4v) is 7.59. The van der Waals surface area contributed by atoms with Crippen molar-refractivity contribution in [2.75, 3.05) is 0 Å². The number of hydrogen-bond donors (Lipinski definition) is 4. The van der Waals surface area contributed by atoms with Crippen LogP contribution in [-0.4, -0.2) is 33.2 Å². The lowest BCUT2D eigenvalue weighted by Gasteiger charge is -2.45. The SMILES string of the molecule is O=C(O)c1ccc(-c2ccc(C(O)(C3C=Cc4ccccc43)C(C3=CC(O)(C4C=Cc5ccccc54)NC=C3)C(F)(F)F)c(Cl)c2)cc1. The molecule has 48 heavy (non-hydrogen) atoms. The molecule has 3 aliphatic rings. The molecule has 5 unspecified atom stereocenters. The Labute approximate surface area is 279 Å². The van der Waals surface area contributed by atoms with Crippen molar-refractivity contribution in [2.45, 2.75) is 29.3 Å². The van der Waals surface area contributed by atoms with Crippen LogP contribution in [0.15, 0.2) is 127 Å². The zero-order chi connectivity index (χ0) is 33.8. The van der Waals surface area contributed by atoms with Crippen molar-refractivity contribution in [3.63, 3.8) is 0 Å². The highest BCUT2D eigenvalue weighted by Gasteiger charge is 2.60. The van der Waals surface area contributed by atoms with Crippen LogP contribution in [0, 0.1) is 5.92 Å². The number of rotatable bonds is 7. The van der Waals surface area contributed by atoms with Crippen molar-refractivity contribution in [2.24, 2.45) is 5.92 Å². The first kappa shape index (κ1) is 31.7. The molecule has 2 aliphatic carbocycles. The topological polar surface area (TPSA) is 89.8 Å². The largest absolute Gasteiger partial charge is 0.478 e. The van der Waals surface area contributed by atoms with E-state index in [2.05, 4.69) is 5.32 Å². The number of hydrogen-bond acceptors (Lipinski definition) is 4. The first-order chi connectivity index (χ1) is 22.9. The number of aliphatic hydroxyl groups is 2. The van der Waals surface area contributed by atoms with Crippen molar-refractivity contribution in [1.29, 1.82) is 0 Å². The molecule has 4 aromatic carbocycles. The molecule has 4 aromatic rings. The number of carboxylic acids is 1. The number of carboxylic acid groups (broad SMARTS) is 1. The van der Waals surface area contributed by atoms with Crippen molar-refractivity contribution in [3.8, 4) is 11.1 Å². The van der Waals surface area contributed by atoms with E-state index in [0.717, 1.165) is 17.2 Å². The molecule has 0 fully saturated rings.